The third-order valence-corrected chi connectivity index (χ3v) is 9.63. The largest absolute Gasteiger partial charge is 0.379 e. The summed E-state index contributed by atoms with van der Waals surface area (Å²) in [4.78, 5) is -0.385. The minimum Gasteiger partial charge on any atom is -0.379 e. The number of nitrogens with one attached hydrogen (secondary N) is 1. The first-order valence-corrected chi connectivity index (χ1v) is 16.4. The number of sulfonamides is 1. The van der Waals surface area contributed by atoms with E-state index in [1.54, 1.807) is 0 Å². The van der Waals surface area contributed by atoms with Crippen LogP contribution in [0.5, 0.6) is 5.75 Å². The molecule has 0 aromatic heterocycles. The molecule has 0 heterocycles. The summed E-state index contributed by atoms with van der Waals surface area (Å²) in [7, 11) is -15.1. The Balaban J connectivity index is 1.67. The number of sulfone groups is 2. The smallest absolute Gasteiger partial charge is 0.339 e. The van der Waals surface area contributed by atoms with Gasteiger partial charge in [0.05, 0.1) is 14.7 Å². The van der Waals surface area contributed by atoms with Crippen molar-refractivity contribution in [3.05, 3.63) is 78.4 Å². The molecule has 0 saturated heterocycles. The van der Waals surface area contributed by atoms with Crippen LogP contribution in [0.25, 0.3) is 0 Å². The van der Waals surface area contributed by atoms with Gasteiger partial charge in [-0.15, -0.1) is 0 Å². The van der Waals surface area contributed by atoms with E-state index >= 15 is 0 Å². The molecule has 0 aliphatic heterocycles. The lowest BCUT2D eigenvalue weighted by atomic mass is 10.2. The van der Waals surface area contributed by atoms with E-state index in [-0.39, 0.29) is 31.9 Å². The van der Waals surface area contributed by atoms with Gasteiger partial charge in [0.2, 0.25) is 10.0 Å². The summed E-state index contributed by atoms with van der Waals surface area (Å²) in [5.74, 6) is -0.0276. The summed E-state index contributed by atoms with van der Waals surface area (Å²) in [6, 6.07) is 14.9. The van der Waals surface area contributed by atoms with Crippen LogP contribution in [0.15, 0.2) is 92.4 Å². The highest BCUT2D eigenvalue weighted by Gasteiger charge is 2.19. The van der Waals surface area contributed by atoms with Gasteiger partial charge in [0.15, 0.2) is 19.7 Å². The van der Waals surface area contributed by atoms with E-state index in [2.05, 4.69) is 4.72 Å². The maximum atomic E-state index is 12.5. The highest BCUT2D eigenvalue weighted by atomic mass is 32.2. The van der Waals surface area contributed by atoms with Gasteiger partial charge in [-0.3, -0.25) is 0 Å². The summed E-state index contributed by atoms with van der Waals surface area (Å²) < 4.78 is 103. The molecule has 0 bridgehead atoms. The molecule has 188 valence electrons. The van der Waals surface area contributed by atoms with E-state index < -0.39 is 39.8 Å². The number of rotatable bonds is 9. The second-order valence-electron chi connectivity index (χ2n) is 7.49. The van der Waals surface area contributed by atoms with E-state index in [9.17, 15) is 33.7 Å². The lowest BCUT2D eigenvalue weighted by molar-refractivity contribution is 0.485. The minimum absolute atomic E-state index is 0.00618. The lowest BCUT2D eigenvalue weighted by Crippen LogP contribution is -2.23. The van der Waals surface area contributed by atoms with Gasteiger partial charge in [-0.25, -0.2) is 30.0 Å². The van der Waals surface area contributed by atoms with Crippen LogP contribution in [0.2, 0.25) is 0 Å². The van der Waals surface area contributed by atoms with Crippen molar-refractivity contribution in [1.29, 1.82) is 0 Å². The third-order valence-electron chi connectivity index (χ3n) is 4.70. The fourth-order valence-corrected chi connectivity index (χ4v) is 6.03. The molecule has 10 nitrogen and oxygen atoms in total. The maximum Gasteiger partial charge on any atom is 0.339 e. The number of hydrogen-bond acceptors (Lipinski definition) is 9. The van der Waals surface area contributed by atoms with Crippen LogP contribution >= 0.6 is 0 Å². The van der Waals surface area contributed by atoms with E-state index in [4.69, 9.17) is 4.18 Å². The monoisotopic (exact) mass is 559 g/mol. The molecule has 0 atom stereocenters. The first kappa shape index (κ1) is 26.8. The van der Waals surface area contributed by atoms with Crippen molar-refractivity contribution >= 4 is 39.8 Å². The molecular weight excluding hydrogens is 538 g/mol. The van der Waals surface area contributed by atoms with Gasteiger partial charge in [-0.2, -0.15) is 8.42 Å². The molecule has 1 N–H and O–H groups in total. The van der Waals surface area contributed by atoms with Crippen LogP contribution in [-0.4, -0.2) is 46.2 Å². The van der Waals surface area contributed by atoms with Crippen LogP contribution in [-0.2, 0) is 46.4 Å². The zero-order chi connectivity index (χ0) is 26.1. The summed E-state index contributed by atoms with van der Waals surface area (Å²) in [6.07, 6.45) is 2.02. The van der Waals surface area contributed by atoms with Crippen molar-refractivity contribution in [2.24, 2.45) is 0 Å². The molecular formula is C21H21NO9S4. The van der Waals surface area contributed by atoms with Gasteiger partial charge in [-0.1, -0.05) is 12.1 Å². The van der Waals surface area contributed by atoms with Crippen LogP contribution in [0.3, 0.4) is 0 Å². The average molecular weight is 560 g/mol. The van der Waals surface area contributed by atoms with Crippen LogP contribution in [0.4, 0.5) is 0 Å². The van der Waals surface area contributed by atoms with Crippen molar-refractivity contribution in [2.45, 2.75) is 26.1 Å². The normalized spacial score (nSPS) is 12.9. The topological polar surface area (TPSA) is 158 Å². The molecule has 3 aromatic carbocycles. The molecule has 0 aliphatic carbocycles. The maximum absolute atomic E-state index is 12.5. The SMILES string of the molecule is CS(=O)(=O)c1ccc(S(=O)(=O)NCc2ccc(OS(=O)(=O)c3ccc(S(C)(=O)=O)cc3)cc2)cc1. The Morgan fingerprint density at radius 2 is 0.971 bits per heavy atom. The van der Waals surface area contributed by atoms with Gasteiger partial charge >= 0.3 is 10.1 Å². The predicted molar refractivity (Wildman–Crippen MR) is 127 cm³/mol. The summed E-state index contributed by atoms with van der Waals surface area (Å²) in [5.41, 5.74) is 0.503. The van der Waals surface area contributed by atoms with E-state index in [1.807, 2.05) is 0 Å². The number of hydrogen-bond donors (Lipinski definition) is 1. The van der Waals surface area contributed by atoms with Gasteiger partial charge in [0.1, 0.15) is 10.6 Å². The lowest BCUT2D eigenvalue weighted by Gasteiger charge is -2.10. The van der Waals surface area contributed by atoms with Gasteiger partial charge in [0.25, 0.3) is 0 Å². The molecule has 0 spiro atoms. The summed E-state index contributed by atoms with van der Waals surface area (Å²) >= 11 is 0. The first-order valence-electron chi connectivity index (χ1n) is 9.71. The summed E-state index contributed by atoms with van der Waals surface area (Å²) in [5, 5.41) is 0. The highest BCUT2D eigenvalue weighted by molar-refractivity contribution is 7.91. The average Bonchev–Trinajstić information content (AvgIpc) is 2.77. The molecule has 14 heteroatoms. The molecule has 3 rings (SSSR count). The molecule has 3 aromatic rings. The Morgan fingerprint density at radius 1 is 0.571 bits per heavy atom. The molecule has 0 saturated carbocycles. The van der Waals surface area contributed by atoms with Crippen molar-refractivity contribution in [2.75, 3.05) is 12.5 Å². The Hall–Kier alpha value is -2.78. The number of benzene rings is 3. The van der Waals surface area contributed by atoms with E-state index in [1.165, 1.54) is 48.5 Å². The molecule has 0 aliphatic rings. The molecule has 0 radical (unpaired) electrons. The second-order valence-corrected chi connectivity index (χ2v) is 14.8. The third kappa shape index (κ3) is 6.89. The van der Waals surface area contributed by atoms with Crippen LogP contribution in [0, 0.1) is 0 Å². The van der Waals surface area contributed by atoms with Crippen LogP contribution < -0.4 is 8.91 Å². The Kier molecular flexibility index (Phi) is 7.43. The van der Waals surface area contributed by atoms with Gasteiger partial charge in [-0.05, 0) is 66.2 Å². The highest BCUT2D eigenvalue weighted by Crippen LogP contribution is 2.21. The summed E-state index contributed by atoms with van der Waals surface area (Å²) in [6.45, 7) is -0.115. The molecule has 0 amide bonds. The zero-order valence-electron chi connectivity index (χ0n) is 18.4. The van der Waals surface area contributed by atoms with Crippen molar-refractivity contribution < 1.29 is 37.9 Å². The van der Waals surface area contributed by atoms with Crippen LogP contribution in [0.1, 0.15) is 5.56 Å². The first-order chi connectivity index (χ1) is 16.1. The van der Waals surface area contributed by atoms with E-state index in [0.29, 0.717) is 5.56 Å². The molecule has 0 fully saturated rings. The Morgan fingerprint density at radius 3 is 1.40 bits per heavy atom. The van der Waals surface area contributed by atoms with E-state index in [0.717, 1.165) is 36.8 Å². The Bertz CT molecular complexity index is 1640. The zero-order valence-corrected chi connectivity index (χ0v) is 21.7. The van der Waals surface area contributed by atoms with Crippen molar-refractivity contribution in [3.8, 4) is 5.75 Å². The van der Waals surface area contributed by atoms with Crippen molar-refractivity contribution in [3.63, 3.8) is 0 Å². The quantitative estimate of drug-likeness (QED) is 0.386. The van der Waals surface area contributed by atoms with Crippen molar-refractivity contribution in [1.82, 2.24) is 4.72 Å². The second kappa shape index (κ2) is 9.70. The Labute approximate surface area is 204 Å². The predicted octanol–water partition coefficient (Wildman–Crippen LogP) is 1.74. The standard InChI is InChI=1S/C21H21NO9S4/c1-32(23,24)18-7-11-20(12-8-18)34(27,28)22-15-16-3-5-17(6-4-16)31-35(29,30)21-13-9-19(10-14-21)33(2,25)26/h3-14,22H,15H2,1-2H3. The molecule has 35 heavy (non-hydrogen) atoms. The fourth-order valence-electron chi connectivity index (χ4n) is 2.82. The minimum atomic E-state index is -4.22. The van der Waals surface area contributed by atoms with Gasteiger partial charge < -0.3 is 4.18 Å². The fraction of sp³-hybridized carbons (Fsp3) is 0.143. The molecule has 0 unspecified atom stereocenters. The van der Waals surface area contributed by atoms with Gasteiger partial charge in [0, 0.05) is 19.1 Å².